The quantitative estimate of drug-likeness (QED) is 0.820. The highest BCUT2D eigenvalue weighted by molar-refractivity contribution is 9.10. The number of carbonyl (C=O) groups excluding carboxylic acids is 1. The van der Waals surface area contributed by atoms with Crippen LogP contribution in [0.1, 0.15) is 36.0 Å². The van der Waals surface area contributed by atoms with Gasteiger partial charge in [-0.3, -0.25) is 4.79 Å². The van der Waals surface area contributed by atoms with Gasteiger partial charge in [0.05, 0.1) is 0 Å². The minimum atomic E-state index is -0.0279. The average molecular weight is 283 g/mol. The highest BCUT2D eigenvalue weighted by Gasteiger charge is 2.18. The lowest BCUT2D eigenvalue weighted by Gasteiger charge is -2.12. The maximum absolute atomic E-state index is 11.9. The lowest BCUT2D eigenvalue weighted by Crippen LogP contribution is -2.32. The summed E-state index contributed by atoms with van der Waals surface area (Å²) < 4.78 is 0.837. The lowest BCUT2D eigenvalue weighted by atomic mass is 10.1. The molecule has 1 saturated carbocycles. The minimum absolute atomic E-state index is 0.0279. The van der Waals surface area contributed by atoms with Crippen molar-refractivity contribution in [3.05, 3.63) is 28.2 Å². The first kappa shape index (κ1) is 11.5. The number of hydrogen-bond donors (Lipinski definition) is 2. The van der Waals surface area contributed by atoms with Gasteiger partial charge in [-0.05, 0) is 31.0 Å². The standard InChI is InChI=1S/C12H15BrN2O/c13-9-5-8(6-10(14)7-9)12(16)15-11-3-1-2-4-11/h5-7,11H,1-4,14H2,(H,15,16). The van der Waals surface area contributed by atoms with Gasteiger partial charge >= 0.3 is 0 Å². The summed E-state index contributed by atoms with van der Waals surface area (Å²) in [6.07, 6.45) is 4.61. The highest BCUT2D eigenvalue weighted by Crippen LogP contribution is 2.20. The van der Waals surface area contributed by atoms with Crippen LogP contribution in [0.2, 0.25) is 0 Å². The fourth-order valence-corrected chi connectivity index (χ4v) is 2.59. The van der Waals surface area contributed by atoms with Crippen molar-refractivity contribution >= 4 is 27.5 Å². The molecule has 3 N–H and O–H groups in total. The van der Waals surface area contributed by atoms with Crippen molar-refractivity contribution < 1.29 is 4.79 Å². The van der Waals surface area contributed by atoms with Crippen LogP contribution in [0.15, 0.2) is 22.7 Å². The number of carbonyl (C=O) groups is 1. The SMILES string of the molecule is Nc1cc(Br)cc(C(=O)NC2CCCC2)c1. The van der Waals surface area contributed by atoms with Crippen molar-refractivity contribution in [2.75, 3.05) is 5.73 Å². The summed E-state index contributed by atoms with van der Waals surface area (Å²) in [6, 6.07) is 5.62. The molecule has 0 aromatic heterocycles. The Balaban J connectivity index is 2.07. The Morgan fingerprint density at radius 3 is 2.62 bits per heavy atom. The van der Waals surface area contributed by atoms with Gasteiger partial charge in [-0.15, -0.1) is 0 Å². The van der Waals surface area contributed by atoms with Gasteiger partial charge in [-0.2, -0.15) is 0 Å². The van der Waals surface area contributed by atoms with Crippen molar-refractivity contribution in [3.8, 4) is 0 Å². The van der Waals surface area contributed by atoms with Crippen LogP contribution < -0.4 is 11.1 Å². The fourth-order valence-electron chi connectivity index (χ4n) is 2.08. The van der Waals surface area contributed by atoms with Crippen LogP contribution in [0.25, 0.3) is 0 Å². The predicted molar refractivity (Wildman–Crippen MR) is 68.3 cm³/mol. The average Bonchev–Trinajstić information content (AvgIpc) is 2.68. The maximum atomic E-state index is 11.9. The van der Waals surface area contributed by atoms with Gasteiger partial charge in [0.2, 0.25) is 0 Å². The molecule has 16 heavy (non-hydrogen) atoms. The van der Waals surface area contributed by atoms with Gasteiger partial charge in [0, 0.05) is 21.8 Å². The number of halogens is 1. The highest BCUT2D eigenvalue weighted by atomic mass is 79.9. The molecular weight excluding hydrogens is 268 g/mol. The number of benzene rings is 1. The molecule has 1 aromatic carbocycles. The van der Waals surface area contributed by atoms with Crippen molar-refractivity contribution in [2.45, 2.75) is 31.7 Å². The fraction of sp³-hybridized carbons (Fsp3) is 0.417. The first-order chi connectivity index (χ1) is 7.65. The van der Waals surface area contributed by atoms with E-state index in [9.17, 15) is 4.79 Å². The molecule has 0 unspecified atom stereocenters. The molecule has 4 heteroatoms. The van der Waals surface area contributed by atoms with Crippen LogP contribution in [0, 0.1) is 0 Å². The molecule has 1 amide bonds. The molecule has 0 heterocycles. The Morgan fingerprint density at radius 1 is 1.31 bits per heavy atom. The molecule has 86 valence electrons. The van der Waals surface area contributed by atoms with E-state index in [1.807, 2.05) is 0 Å². The Bertz CT molecular complexity index is 380. The molecule has 0 radical (unpaired) electrons. The second-order valence-corrected chi connectivity index (χ2v) is 5.14. The number of nitrogens with two attached hydrogens (primary N) is 1. The number of nitrogens with one attached hydrogen (secondary N) is 1. The lowest BCUT2D eigenvalue weighted by molar-refractivity contribution is 0.0938. The van der Waals surface area contributed by atoms with E-state index in [0.29, 0.717) is 17.3 Å². The van der Waals surface area contributed by atoms with E-state index in [2.05, 4.69) is 21.2 Å². The second kappa shape index (κ2) is 4.87. The van der Waals surface area contributed by atoms with Gasteiger partial charge in [0.25, 0.3) is 5.91 Å². The minimum Gasteiger partial charge on any atom is -0.399 e. The second-order valence-electron chi connectivity index (χ2n) is 4.23. The first-order valence-electron chi connectivity index (χ1n) is 5.52. The van der Waals surface area contributed by atoms with Gasteiger partial charge in [0.15, 0.2) is 0 Å². The summed E-state index contributed by atoms with van der Waals surface area (Å²) >= 11 is 3.33. The molecule has 0 spiro atoms. The normalized spacial score (nSPS) is 16.3. The molecular formula is C12H15BrN2O. The molecule has 2 rings (SSSR count). The Hall–Kier alpha value is -1.03. The largest absolute Gasteiger partial charge is 0.399 e. The van der Waals surface area contributed by atoms with E-state index in [1.54, 1.807) is 18.2 Å². The van der Waals surface area contributed by atoms with Gasteiger partial charge < -0.3 is 11.1 Å². The molecule has 1 aliphatic rings. The first-order valence-corrected chi connectivity index (χ1v) is 6.31. The zero-order chi connectivity index (χ0) is 11.5. The number of anilines is 1. The molecule has 3 nitrogen and oxygen atoms in total. The van der Waals surface area contributed by atoms with Crippen molar-refractivity contribution in [2.24, 2.45) is 0 Å². The summed E-state index contributed by atoms with van der Waals surface area (Å²) in [5, 5.41) is 3.03. The number of rotatable bonds is 2. The number of amides is 1. The summed E-state index contributed by atoms with van der Waals surface area (Å²) in [5.41, 5.74) is 6.92. The topological polar surface area (TPSA) is 55.1 Å². The third kappa shape index (κ3) is 2.76. The van der Waals surface area contributed by atoms with E-state index >= 15 is 0 Å². The van der Waals surface area contributed by atoms with Crippen molar-refractivity contribution in [3.63, 3.8) is 0 Å². The monoisotopic (exact) mass is 282 g/mol. The van der Waals surface area contributed by atoms with Crippen LogP contribution in [0.5, 0.6) is 0 Å². The summed E-state index contributed by atoms with van der Waals surface area (Å²) in [7, 11) is 0. The van der Waals surface area contributed by atoms with Gasteiger partial charge in [0.1, 0.15) is 0 Å². The third-order valence-corrected chi connectivity index (χ3v) is 3.33. The third-order valence-electron chi connectivity index (χ3n) is 2.87. The van der Waals surface area contributed by atoms with Crippen LogP contribution in [0.4, 0.5) is 5.69 Å². The van der Waals surface area contributed by atoms with E-state index in [4.69, 9.17) is 5.73 Å². The molecule has 0 atom stereocenters. The molecule has 0 aliphatic heterocycles. The number of hydrogen-bond acceptors (Lipinski definition) is 2. The van der Waals surface area contributed by atoms with Crippen LogP contribution in [-0.2, 0) is 0 Å². The van der Waals surface area contributed by atoms with E-state index in [-0.39, 0.29) is 5.91 Å². The van der Waals surface area contributed by atoms with Crippen LogP contribution in [-0.4, -0.2) is 11.9 Å². The Labute approximate surface area is 104 Å². The zero-order valence-corrected chi connectivity index (χ0v) is 10.6. The van der Waals surface area contributed by atoms with E-state index in [0.717, 1.165) is 17.3 Å². The van der Waals surface area contributed by atoms with Crippen LogP contribution >= 0.6 is 15.9 Å². The van der Waals surface area contributed by atoms with Gasteiger partial charge in [-0.1, -0.05) is 28.8 Å². The van der Waals surface area contributed by atoms with Crippen molar-refractivity contribution in [1.82, 2.24) is 5.32 Å². The smallest absolute Gasteiger partial charge is 0.251 e. The molecule has 0 saturated heterocycles. The Morgan fingerprint density at radius 2 is 2.00 bits per heavy atom. The molecule has 0 bridgehead atoms. The maximum Gasteiger partial charge on any atom is 0.251 e. The van der Waals surface area contributed by atoms with Crippen molar-refractivity contribution in [1.29, 1.82) is 0 Å². The predicted octanol–water partition coefficient (Wildman–Crippen LogP) is 2.70. The zero-order valence-electron chi connectivity index (χ0n) is 9.00. The van der Waals surface area contributed by atoms with E-state index in [1.165, 1.54) is 12.8 Å². The van der Waals surface area contributed by atoms with E-state index < -0.39 is 0 Å². The molecule has 1 fully saturated rings. The van der Waals surface area contributed by atoms with Gasteiger partial charge in [-0.25, -0.2) is 0 Å². The Kier molecular flexibility index (Phi) is 3.49. The molecule has 1 aliphatic carbocycles. The summed E-state index contributed by atoms with van der Waals surface area (Å²) in [6.45, 7) is 0. The number of nitrogen functional groups attached to an aromatic ring is 1. The summed E-state index contributed by atoms with van der Waals surface area (Å²) in [5.74, 6) is -0.0279. The summed E-state index contributed by atoms with van der Waals surface area (Å²) in [4.78, 5) is 11.9. The molecule has 1 aromatic rings. The van der Waals surface area contributed by atoms with Crippen LogP contribution in [0.3, 0.4) is 0 Å².